The smallest absolute Gasteiger partial charge is 0.335 e. The van der Waals surface area contributed by atoms with Crippen LogP contribution >= 0.6 is 0 Å². The second-order valence-corrected chi connectivity index (χ2v) is 7.87. The highest BCUT2D eigenvalue weighted by Gasteiger charge is 2.23. The number of carboxylic acid groups (broad SMARTS) is 1. The minimum absolute atomic E-state index is 0.0399. The van der Waals surface area contributed by atoms with Gasteiger partial charge >= 0.3 is 5.97 Å². The van der Waals surface area contributed by atoms with Gasteiger partial charge in [-0.15, -0.1) is 0 Å². The van der Waals surface area contributed by atoms with Crippen molar-refractivity contribution in [2.75, 3.05) is 25.0 Å². The van der Waals surface area contributed by atoms with Crippen molar-refractivity contribution < 1.29 is 23.1 Å². The SMILES string of the molecule is CCCCCNc1ccc(C(=O)O)cc1S(=O)(=O)NC[C@@H]1CCCO1. The summed E-state index contributed by atoms with van der Waals surface area (Å²) in [7, 11) is -3.83. The fourth-order valence-corrected chi connectivity index (χ4v) is 3.98. The third-order valence-electron chi connectivity index (χ3n) is 4.14. The third kappa shape index (κ3) is 5.69. The van der Waals surface area contributed by atoms with Crippen LogP contribution in [0.25, 0.3) is 0 Å². The second kappa shape index (κ2) is 9.17. The molecule has 1 aromatic carbocycles. The van der Waals surface area contributed by atoms with Crippen molar-refractivity contribution in [1.82, 2.24) is 4.72 Å². The molecule has 0 unspecified atom stereocenters. The molecule has 0 amide bonds. The van der Waals surface area contributed by atoms with Crippen LogP contribution in [-0.4, -0.2) is 45.3 Å². The number of sulfonamides is 1. The van der Waals surface area contributed by atoms with Crippen LogP contribution in [0, 0.1) is 0 Å². The van der Waals surface area contributed by atoms with E-state index >= 15 is 0 Å². The maximum absolute atomic E-state index is 12.7. The first-order valence-corrected chi connectivity index (χ1v) is 10.1. The van der Waals surface area contributed by atoms with Gasteiger partial charge in [-0.25, -0.2) is 17.9 Å². The Kier molecular flexibility index (Phi) is 7.22. The average molecular weight is 370 g/mol. The first-order valence-electron chi connectivity index (χ1n) is 8.66. The number of nitrogens with one attached hydrogen (secondary N) is 2. The van der Waals surface area contributed by atoms with E-state index in [4.69, 9.17) is 9.84 Å². The Balaban J connectivity index is 2.17. The zero-order valence-electron chi connectivity index (χ0n) is 14.5. The second-order valence-electron chi connectivity index (χ2n) is 6.14. The number of ether oxygens (including phenoxy) is 1. The summed E-state index contributed by atoms with van der Waals surface area (Å²) in [4.78, 5) is 11.2. The minimum Gasteiger partial charge on any atom is -0.478 e. The minimum atomic E-state index is -3.83. The first-order chi connectivity index (χ1) is 11.9. The highest BCUT2D eigenvalue weighted by Crippen LogP contribution is 2.23. The number of hydrogen-bond acceptors (Lipinski definition) is 5. The molecule has 1 atom stereocenters. The quantitative estimate of drug-likeness (QED) is 0.547. The summed E-state index contributed by atoms with van der Waals surface area (Å²) in [5.41, 5.74) is 0.359. The van der Waals surface area contributed by atoms with Crippen LogP contribution in [0.2, 0.25) is 0 Å². The molecule has 7 nitrogen and oxygen atoms in total. The highest BCUT2D eigenvalue weighted by atomic mass is 32.2. The summed E-state index contributed by atoms with van der Waals surface area (Å²) in [6.07, 6.45) is 4.64. The van der Waals surface area contributed by atoms with Crippen molar-refractivity contribution in [3.63, 3.8) is 0 Å². The molecule has 0 spiro atoms. The maximum atomic E-state index is 12.7. The van der Waals surface area contributed by atoms with Crippen molar-refractivity contribution in [1.29, 1.82) is 0 Å². The summed E-state index contributed by atoms with van der Waals surface area (Å²) in [5, 5.41) is 12.3. The number of benzene rings is 1. The van der Waals surface area contributed by atoms with Crippen molar-refractivity contribution in [3.05, 3.63) is 23.8 Å². The number of carbonyl (C=O) groups is 1. The van der Waals surface area contributed by atoms with E-state index in [-0.39, 0.29) is 23.1 Å². The van der Waals surface area contributed by atoms with E-state index in [0.717, 1.165) is 32.1 Å². The van der Waals surface area contributed by atoms with E-state index in [9.17, 15) is 13.2 Å². The Morgan fingerprint density at radius 3 is 2.80 bits per heavy atom. The lowest BCUT2D eigenvalue weighted by molar-refractivity contribution is 0.0696. The van der Waals surface area contributed by atoms with Crippen molar-refractivity contribution >= 4 is 21.7 Å². The molecule has 2 rings (SSSR count). The van der Waals surface area contributed by atoms with E-state index in [0.29, 0.717) is 18.8 Å². The monoisotopic (exact) mass is 370 g/mol. The highest BCUT2D eigenvalue weighted by molar-refractivity contribution is 7.89. The van der Waals surface area contributed by atoms with Crippen LogP contribution < -0.4 is 10.0 Å². The van der Waals surface area contributed by atoms with Crippen molar-refractivity contribution in [2.45, 2.75) is 50.0 Å². The Bertz CT molecular complexity index is 684. The first kappa shape index (κ1) is 19.7. The molecule has 8 heteroatoms. The Labute approximate surface area is 148 Å². The molecule has 1 aromatic rings. The maximum Gasteiger partial charge on any atom is 0.335 e. The summed E-state index contributed by atoms with van der Waals surface area (Å²) < 4.78 is 33.3. The van der Waals surface area contributed by atoms with E-state index in [2.05, 4.69) is 17.0 Å². The molecule has 0 aliphatic carbocycles. The van der Waals surface area contributed by atoms with Gasteiger partial charge in [0.2, 0.25) is 10.0 Å². The van der Waals surface area contributed by atoms with E-state index in [1.165, 1.54) is 18.2 Å². The van der Waals surface area contributed by atoms with Gasteiger partial charge in [-0.05, 0) is 37.5 Å². The molecule has 0 saturated carbocycles. The van der Waals surface area contributed by atoms with Gasteiger partial charge < -0.3 is 15.2 Å². The standard InChI is InChI=1S/C17H26N2O5S/c1-2-3-4-9-18-15-8-7-13(17(20)21)11-16(15)25(22,23)19-12-14-6-5-10-24-14/h7-8,11,14,18-19H,2-6,9-10,12H2,1H3,(H,20,21)/t14-/m0/s1. The topological polar surface area (TPSA) is 105 Å². The summed E-state index contributed by atoms with van der Waals surface area (Å²) in [6.45, 7) is 3.56. The molecule has 0 bridgehead atoms. The van der Waals surface area contributed by atoms with Crippen LogP contribution in [0.1, 0.15) is 49.4 Å². The third-order valence-corrected chi connectivity index (χ3v) is 5.60. The molecular weight excluding hydrogens is 344 g/mol. The van der Waals surface area contributed by atoms with E-state index in [1.54, 1.807) is 0 Å². The lowest BCUT2D eigenvalue weighted by Crippen LogP contribution is -2.32. The molecule has 0 aromatic heterocycles. The van der Waals surface area contributed by atoms with Crippen LogP contribution in [0.3, 0.4) is 0 Å². The lowest BCUT2D eigenvalue weighted by Gasteiger charge is -2.16. The molecule has 1 heterocycles. The van der Waals surface area contributed by atoms with Crippen LogP contribution in [0.15, 0.2) is 23.1 Å². The molecule has 140 valence electrons. The number of rotatable bonds is 10. The molecule has 1 fully saturated rings. The zero-order valence-corrected chi connectivity index (χ0v) is 15.3. The number of hydrogen-bond donors (Lipinski definition) is 3. The van der Waals surface area contributed by atoms with Gasteiger partial charge in [0.15, 0.2) is 0 Å². The van der Waals surface area contributed by atoms with Gasteiger partial charge in [-0.3, -0.25) is 0 Å². The van der Waals surface area contributed by atoms with E-state index in [1.807, 2.05) is 0 Å². The Morgan fingerprint density at radius 2 is 2.16 bits per heavy atom. The fourth-order valence-electron chi connectivity index (χ4n) is 2.71. The molecule has 3 N–H and O–H groups in total. The predicted molar refractivity (Wildman–Crippen MR) is 95.6 cm³/mol. The van der Waals surface area contributed by atoms with E-state index < -0.39 is 16.0 Å². The number of carboxylic acids is 1. The largest absolute Gasteiger partial charge is 0.478 e. The molecule has 1 saturated heterocycles. The summed E-state index contributed by atoms with van der Waals surface area (Å²) in [5.74, 6) is -1.16. The lowest BCUT2D eigenvalue weighted by atomic mass is 10.2. The van der Waals surface area contributed by atoms with Gasteiger partial charge in [-0.1, -0.05) is 19.8 Å². The molecular formula is C17H26N2O5S. The number of unbranched alkanes of at least 4 members (excludes halogenated alkanes) is 2. The van der Waals surface area contributed by atoms with Crippen molar-refractivity contribution in [3.8, 4) is 0 Å². The van der Waals surface area contributed by atoms with Gasteiger partial charge in [0.05, 0.1) is 17.4 Å². The Hall–Kier alpha value is -1.64. The average Bonchev–Trinajstić information content (AvgIpc) is 3.10. The van der Waals surface area contributed by atoms with Gasteiger partial charge in [-0.2, -0.15) is 0 Å². The molecule has 1 aliphatic rings. The summed E-state index contributed by atoms with van der Waals surface area (Å²) in [6, 6.07) is 4.11. The predicted octanol–water partition coefficient (Wildman–Crippen LogP) is 2.44. The summed E-state index contributed by atoms with van der Waals surface area (Å²) >= 11 is 0. The molecule has 25 heavy (non-hydrogen) atoms. The van der Waals surface area contributed by atoms with Crippen molar-refractivity contribution in [2.24, 2.45) is 0 Å². The van der Waals surface area contributed by atoms with Gasteiger partial charge in [0.25, 0.3) is 0 Å². The number of aromatic carboxylic acids is 1. The number of anilines is 1. The van der Waals surface area contributed by atoms with Crippen LogP contribution in [0.5, 0.6) is 0 Å². The Morgan fingerprint density at radius 1 is 1.36 bits per heavy atom. The van der Waals surface area contributed by atoms with Crippen LogP contribution in [0.4, 0.5) is 5.69 Å². The van der Waals surface area contributed by atoms with Gasteiger partial charge in [0.1, 0.15) is 4.90 Å². The molecule has 1 aliphatic heterocycles. The molecule has 0 radical (unpaired) electrons. The van der Waals surface area contributed by atoms with Gasteiger partial charge in [0, 0.05) is 19.7 Å². The zero-order chi connectivity index (χ0) is 18.3. The van der Waals surface area contributed by atoms with Crippen LogP contribution in [-0.2, 0) is 14.8 Å². The normalized spacial score (nSPS) is 17.6. The fraction of sp³-hybridized carbons (Fsp3) is 0.588.